The minimum Gasteiger partial charge on any atom is -0.478 e. The lowest BCUT2D eigenvalue weighted by atomic mass is 9.99. The van der Waals surface area contributed by atoms with Crippen molar-refractivity contribution in [3.05, 3.63) is 89.5 Å². The van der Waals surface area contributed by atoms with Crippen LogP contribution in [-0.4, -0.2) is 132 Å². The van der Waals surface area contributed by atoms with E-state index in [9.17, 15) is 29.1 Å². The highest BCUT2D eigenvalue weighted by molar-refractivity contribution is 6.44. The lowest BCUT2D eigenvalue weighted by Gasteiger charge is -2.36. The molecule has 14 heteroatoms. The third kappa shape index (κ3) is 7.64. The number of hydrogen-bond acceptors (Lipinski definition) is 9. The summed E-state index contributed by atoms with van der Waals surface area (Å²) in [6.45, 7) is 9.72. The number of carbonyl (C=O) groups excluding carboxylic acids is 4. The van der Waals surface area contributed by atoms with Crippen LogP contribution in [0.25, 0.3) is 11.3 Å². The van der Waals surface area contributed by atoms with Gasteiger partial charge in [-0.05, 0) is 76.2 Å². The molecule has 0 aromatic heterocycles. The lowest BCUT2D eigenvalue weighted by Crippen LogP contribution is -2.55. The van der Waals surface area contributed by atoms with Crippen molar-refractivity contribution in [2.24, 2.45) is 0 Å². The van der Waals surface area contributed by atoms with E-state index in [2.05, 4.69) is 22.2 Å². The third-order valence-electron chi connectivity index (χ3n) is 10.6. The van der Waals surface area contributed by atoms with Gasteiger partial charge < -0.3 is 34.8 Å². The first-order valence-corrected chi connectivity index (χ1v) is 18.5. The zero-order valence-corrected chi connectivity index (χ0v) is 31.8. The van der Waals surface area contributed by atoms with E-state index < -0.39 is 29.6 Å². The number of nitrogens with one attached hydrogen (secondary N) is 1. The number of aromatic carboxylic acids is 1. The number of likely N-dealkylation sites (N-methyl/N-ethyl adjacent to an activating group) is 2. The van der Waals surface area contributed by atoms with Crippen LogP contribution < -0.4 is 15.1 Å². The van der Waals surface area contributed by atoms with Gasteiger partial charge in [0.1, 0.15) is 5.60 Å². The molecule has 4 aliphatic heterocycles. The average molecular weight is 750 g/mol. The van der Waals surface area contributed by atoms with Crippen LogP contribution in [0.5, 0.6) is 0 Å². The Bertz CT molecular complexity index is 2040. The summed E-state index contributed by atoms with van der Waals surface area (Å²) in [5.41, 5.74) is 2.48. The lowest BCUT2D eigenvalue weighted by molar-refractivity contribution is -0.119. The number of nitrogens with zero attached hydrogens (tertiary/aromatic N) is 6. The van der Waals surface area contributed by atoms with Crippen LogP contribution in [0.1, 0.15) is 48.7 Å². The highest BCUT2D eigenvalue weighted by Crippen LogP contribution is 2.44. The quantitative estimate of drug-likeness (QED) is 0.325. The Morgan fingerprint density at radius 3 is 2.15 bits per heavy atom. The summed E-state index contributed by atoms with van der Waals surface area (Å²) >= 11 is 0. The molecule has 55 heavy (non-hydrogen) atoms. The predicted octanol–water partition coefficient (Wildman–Crippen LogP) is 4.74. The van der Waals surface area contributed by atoms with E-state index >= 15 is 0 Å². The zero-order valence-electron chi connectivity index (χ0n) is 31.8. The van der Waals surface area contributed by atoms with Crippen LogP contribution in [0.2, 0.25) is 0 Å². The summed E-state index contributed by atoms with van der Waals surface area (Å²) in [5.74, 6) is -1.81. The van der Waals surface area contributed by atoms with Crippen molar-refractivity contribution in [1.82, 2.24) is 19.6 Å². The smallest absolute Gasteiger partial charge is 0.410 e. The maximum Gasteiger partial charge on any atom is 0.410 e. The van der Waals surface area contributed by atoms with E-state index in [0.29, 0.717) is 41.2 Å². The molecule has 5 amide bonds. The molecule has 4 heterocycles. The second-order valence-corrected chi connectivity index (χ2v) is 15.6. The van der Waals surface area contributed by atoms with Crippen LogP contribution >= 0.6 is 0 Å². The number of urea groups is 1. The molecule has 3 fully saturated rings. The van der Waals surface area contributed by atoms with Crippen LogP contribution in [0, 0.1) is 0 Å². The number of piperazine rings is 2. The fourth-order valence-corrected chi connectivity index (χ4v) is 7.65. The molecule has 2 bridgehead atoms. The largest absolute Gasteiger partial charge is 0.478 e. The zero-order chi connectivity index (χ0) is 39.2. The molecule has 0 spiro atoms. The summed E-state index contributed by atoms with van der Waals surface area (Å²) in [5, 5.41) is 13.3. The number of rotatable bonds is 7. The first-order valence-electron chi connectivity index (χ1n) is 18.5. The van der Waals surface area contributed by atoms with Gasteiger partial charge in [-0.25, -0.2) is 19.3 Å². The van der Waals surface area contributed by atoms with Gasteiger partial charge in [-0.3, -0.25) is 14.5 Å². The second-order valence-electron chi connectivity index (χ2n) is 15.6. The van der Waals surface area contributed by atoms with Crippen molar-refractivity contribution >= 4 is 58.2 Å². The van der Waals surface area contributed by atoms with Gasteiger partial charge in [0.2, 0.25) is 5.91 Å². The number of fused-ring (bicyclic) bond motifs is 3. The molecule has 3 aromatic rings. The number of ether oxygens (including phenoxy) is 1. The number of carbonyl (C=O) groups is 5. The molecule has 0 radical (unpaired) electrons. The Morgan fingerprint density at radius 1 is 0.873 bits per heavy atom. The molecule has 14 nitrogen and oxygen atoms in total. The average Bonchev–Trinajstić information content (AvgIpc) is 3.85. The number of imide groups is 1. The summed E-state index contributed by atoms with van der Waals surface area (Å²) in [6, 6.07) is 19.7. The molecular weight excluding hydrogens is 702 g/mol. The predicted molar refractivity (Wildman–Crippen MR) is 209 cm³/mol. The molecule has 4 aliphatic rings. The maximum atomic E-state index is 14.7. The Kier molecular flexibility index (Phi) is 10.1. The SMILES string of the molecule is CN1CCN(CC(=O)N(C)c2ccc(N/C(=C3\C(=O)N(C(=O)N4C[C@@H]5C[C@H]4CN5C(=O)OC(C)(C)C)c4cc(C(=O)O)ccc43)c3ccccc3)cc2)CC1. The second kappa shape index (κ2) is 14.8. The van der Waals surface area contributed by atoms with Gasteiger partial charge in [-0.15, -0.1) is 0 Å². The van der Waals surface area contributed by atoms with Crippen molar-refractivity contribution in [3.63, 3.8) is 0 Å². The number of anilines is 3. The van der Waals surface area contributed by atoms with Gasteiger partial charge in [0.05, 0.1) is 41.1 Å². The standard InChI is InChI=1S/C41H47N7O7/c1-41(2,3)55-40(54)47-24-30-22-31(47)23-46(30)39(53)48-33-21-27(38(51)52)11-16-32(33)35(37(48)50)36(26-9-7-6-8-10-26)42-28-12-14-29(15-13-28)44(5)34(49)25-45-19-17-43(4)18-20-45/h6-16,21,30-31,42H,17-20,22-25H2,1-5H3,(H,51,52)/b36-35-/t30-,31-/m0/s1. The van der Waals surface area contributed by atoms with E-state index in [1.807, 2.05) is 54.6 Å². The van der Waals surface area contributed by atoms with E-state index in [-0.39, 0.29) is 47.9 Å². The highest BCUT2D eigenvalue weighted by Gasteiger charge is 2.51. The summed E-state index contributed by atoms with van der Waals surface area (Å²) in [4.78, 5) is 77.6. The van der Waals surface area contributed by atoms with Gasteiger partial charge in [0.15, 0.2) is 0 Å². The first-order chi connectivity index (χ1) is 26.2. The maximum absolute atomic E-state index is 14.7. The van der Waals surface area contributed by atoms with Crippen LogP contribution in [-0.2, 0) is 14.3 Å². The molecule has 0 aliphatic carbocycles. The number of amides is 5. The van der Waals surface area contributed by atoms with Crippen molar-refractivity contribution in [1.29, 1.82) is 0 Å². The van der Waals surface area contributed by atoms with Gasteiger partial charge in [-0.2, -0.15) is 0 Å². The van der Waals surface area contributed by atoms with Crippen molar-refractivity contribution in [3.8, 4) is 0 Å². The van der Waals surface area contributed by atoms with Crippen molar-refractivity contribution in [2.75, 3.05) is 75.0 Å². The number of carboxylic acid groups (broad SMARTS) is 1. The number of likely N-dealkylation sites (tertiary alicyclic amines) is 2. The summed E-state index contributed by atoms with van der Waals surface area (Å²) < 4.78 is 5.59. The summed E-state index contributed by atoms with van der Waals surface area (Å²) in [7, 11) is 3.83. The van der Waals surface area contributed by atoms with Crippen LogP contribution in [0.15, 0.2) is 72.8 Å². The molecule has 3 saturated heterocycles. The fourth-order valence-electron chi connectivity index (χ4n) is 7.65. The molecule has 3 aromatic carbocycles. The van der Waals surface area contributed by atoms with Gasteiger partial charge in [-0.1, -0.05) is 36.4 Å². The topological polar surface area (TPSA) is 146 Å². The van der Waals surface area contributed by atoms with Crippen LogP contribution in [0.4, 0.5) is 26.7 Å². The summed E-state index contributed by atoms with van der Waals surface area (Å²) in [6.07, 6.45) is 0.0998. The third-order valence-corrected chi connectivity index (χ3v) is 10.6. The highest BCUT2D eigenvalue weighted by atomic mass is 16.6. The fraction of sp³-hybridized carbons (Fsp3) is 0.390. The molecule has 7 rings (SSSR count). The Balaban J connectivity index is 1.18. The van der Waals surface area contributed by atoms with E-state index in [1.165, 1.54) is 12.1 Å². The Morgan fingerprint density at radius 2 is 1.53 bits per heavy atom. The normalized spacial score (nSPS) is 20.7. The van der Waals surface area contributed by atoms with Crippen molar-refractivity contribution < 1.29 is 33.8 Å². The minimum atomic E-state index is -1.19. The number of benzene rings is 3. The monoisotopic (exact) mass is 749 g/mol. The molecule has 2 atom stereocenters. The van der Waals surface area contributed by atoms with E-state index in [4.69, 9.17) is 4.74 Å². The Labute approximate surface area is 320 Å². The number of carboxylic acids is 1. The molecule has 0 unspecified atom stereocenters. The molecule has 0 saturated carbocycles. The molecule has 288 valence electrons. The molecular formula is C41H47N7O7. The van der Waals surface area contributed by atoms with Gasteiger partial charge >= 0.3 is 18.1 Å². The van der Waals surface area contributed by atoms with E-state index in [1.54, 1.807) is 48.6 Å². The van der Waals surface area contributed by atoms with Crippen molar-refractivity contribution in [2.45, 2.75) is 44.9 Å². The number of hydrogen-bond donors (Lipinski definition) is 2. The van der Waals surface area contributed by atoms with Gasteiger partial charge in [0.25, 0.3) is 5.91 Å². The first kappa shape index (κ1) is 37.6. The minimum absolute atomic E-state index is 0.0141. The van der Waals surface area contributed by atoms with E-state index in [0.717, 1.165) is 31.1 Å². The molecule has 2 N–H and O–H groups in total. The van der Waals surface area contributed by atoms with Crippen LogP contribution in [0.3, 0.4) is 0 Å². The Hall–Kier alpha value is -5.73. The van der Waals surface area contributed by atoms with Gasteiger partial charge in [0, 0.05) is 63.3 Å².